The second-order valence-electron chi connectivity index (χ2n) is 13.5. The molecule has 0 rings (SSSR count). The quantitative estimate of drug-likeness (QED) is 0.0331. The lowest BCUT2D eigenvalue weighted by Gasteiger charge is -2.31. The van der Waals surface area contributed by atoms with E-state index < -0.39 is 18.1 Å². The molecule has 1 N–H and O–H groups in total. The maximum atomic E-state index is 12.6. The van der Waals surface area contributed by atoms with Crippen LogP contribution in [0.15, 0.2) is 36.5 Å². The van der Waals surface area contributed by atoms with Gasteiger partial charge in [-0.05, 0) is 38.5 Å². The SMILES string of the molecule is CC/C=C/C/C=C/C/C=C/CCCC(=O)OCC(COCCC(C(=O)O)[N+](C)(C)C)OC(=O)CCCCCCCCCCCCCC. The summed E-state index contributed by atoms with van der Waals surface area (Å²) in [5.41, 5.74) is 0. The van der Waals surface area contributed by atoms with Gasteiger partial charge in [0.2, 0.25) is 0 Å². The van der Waals surface area contributed by atoms with Gasteiger partial charge in [0.05, 0.1) is 34.4 Å². The second-order valence-corrected chi connectivity index (χ2v) is 13.5. The largest absolute Gasteiger partial charge is 0.477 e. The third kappa shape index (κ3) is 29.4. The molecule has 0 aromatic carbocycles. The maximum Gasteiger partial charge on any atom is 0.362 e. The molecule has 0 aliphatic rings. The average Bonchev–Trinajstić information content (AvgIpc) is 3.01. The van der Waals surface area contributed by atoms with Crippen molar-refractivity contribution in [3.63, 3.8) is 0 Å². The van der Waals surface area contributed by atoms with Crippen LogP contribution in [0.3, 0.4) is 0 Å². The molecule has 2 unspecified atom stereocenters. The molecule has 0 saturated carbocycles. The van der Waals surface area contributed by atoms with Crippen LogP contribution in [0, 0.1) is 0 Å². The number of rotatable bonds is 32. The number of carbonyl (C=O) groups is 3. The van der Waals surface area contributed by atoms with Crippen LogP contribution in [-0.2, 0) is 28.6 Å². The highest BCUT2D eigenvalue weighted by atomic mass is 16.6. The number of carbonyl (C=O) groups excluding carboxylic acids is 2. The number of hydrogen-bond donors (Lipinski definition) is 1. The molecular formula is C39H70NO7+. The van der Waals surface area contributed by atoms with Crippen molar-refractivity contribution < 1.29 is 38.2 Å². The van der Waals surface area contributed by atoms with Gasteiger partial charge in [0, 0.05) is 19.3 Å². The molecule has 0 radical (unpaired) electrons. The number of aliphatic carboxylic acids is 1. The molecule has 2 atom stereocenters. The van der Waals surface area contributed by atoms with Gasteiger partial charge >= 0.3 is 17.9 Å². The summed E-state index contributed by atoms with van der Waals surface area (Å²) in [6.45, 7) is 4.54. The zero-order valence-corrected chi connectivity index (χ0v) is 30.7. The van der Waals surface area contributed by atoms with Gasteiger partial charge in [-0.3, -0.25) is 9.59 Å². The van der Waals surface area contributed by atoms with E-state index >= 15 is 0 Å². The number of carboxylic acids is 1. The summed E-state index contributed by atoms with van der Waals surface area (Å²) in [6.07, 6.45) is 32.0. The fourth-order valence-corrected chi connectivity index (χ4v) is 5.17. The Kier molecular flexibility index (Phi) is 29.2. The fourth-order valence-electron chi connectivity index (χ4n) is 5.17. The number of esters is 2. The van der Waals surface area contributed by atoms with Crippen molar-refractivity contribution in [3.05, 3.63) is 36.5 Å². The third-order valence-electron chi connectivity index (χ3n) is 8.05. The molecule has 47 heavy (non-hydrogen) atoms. The number of ether oxygens (including phenoxy) is 3. The summed E-state index contributed by atoms with van der Waals surface area (Å²) in [5.74, 6) is -1.54. The van der Waals surface area contributed by atoms with Crippen molar-refractivity contribution in [3.8, 4) is 0 Å². The van der Waals surface area contributed by atoms with Gasteiger partial charge in [0.25, 0.3) is 0 Å². The molecule has 8 heteroatoms. The van der Waals surface area contributed by atoms with Gasteiger partial charge in [-0.1, -0.05) is 121 Å². The molecule has 0 saturated heterocycles. The number of quaternary nitrogens is 1. The maximum absolute atomic E-state index is 12.6. The molecule has 0 amide bonds. The minimum Gasteiger partial charge on any atom is -0.477 e. The second kappa shape index (κ2) is 30.9. The third-order valence-corrected chi connectivity index (χ3v) is 8.05. The highest BCUT2D eigenvalue weighted by Gasteiger charge is 2.31. The van der Waals surface area contributed by atoms with E-state index in [0.717, 1.165) is 44.9 Å². The van der Waals surface area contributed by atoms with Gasteiger partial charge < -0.3 is 23.8 Å². The van der Waals surface area contributed by atoms with Crippen molar-refractivity contribution >= 4 is 17.9 Å². The Bertz CT molecular complexity index is 875. The van der Waals surface area contributed by atoms with E-state index in [2.05, 4.69) is 50.3 Å². The summed E-state index contributed by atoms with van der Waals surface area (Å²) in [7, 11) is 5.50. The standard InChI is InChI=1S/C39H69NO7/c1-6-8-10-12-14-16-18-20-22-24-26-28-30-38(42)47-35(33-45-32-31-36(39(43)44)40(3,4)5)34-46-37(41)29-27-25-23-21-19-17-15-13-11-9-7-2/h9,11,15,17,21,23,35-36H,6-8,10,12-14,16,18-20,22,24-34H2,1-5H3/p+1/b11-9+,17-15+,23-21+. The molecule has 0 aromatic rings. The van der Waals surface area contributed by atoms with Crippen LogP contribution in [0.1, 0.15) is 142 Å². The zero-order chi connectivity index (χ0) is 35.0. The van der Waals surface area contributed by atoms with E-state index in [1.165, 1.54) is 57.8 Å². The summed E-state index contributed by atoms with van der Waals surface area (Å²) in [4.78, 5) is 36.7. The Labute approximate surface area is 287 Å². The molecule has 0 aliphatic heterocycles. The van der Waals surface area contributed by atoms with Gasteiger partial charge in [0.15, 0.2) is 12.1 Å². The van der Waals surface area contributed by atoms with Crippen molar-refractivity contribution in [1.82, 2.24) is 0 Å². The van der Waals surface area contributed by atoms with Crippen LogP contribution in [0.25, 0.3) is 0 Å². The van der Waals surface area contributed by atoms with Crippen LogP contribution < -0.4 is 0 Å². The number of nitrogens with zero attached hydrogens (tertiary/aromatic N) is 1. The Morgan fingerprint density at radius 3 is 1.74 bits per heavy atom. The number of unbranched alkanes of at least 4 members (excludes halogenated alkanes) is 12. The Morgan fingerprint density at radius 2 is 1.19 bits per heavy atom. The summed E-state index contributed by atoms with van der Waals surface area (Å²) < 4.78 is 17.1. The molecule has 272 valence electrons. The van der Waals surface area contributed by atoms with Gasteiger partial charge in [-0.2, -0.15) is 0 Å². The molecule has 0 heterocycles. The van der Waals surface area contributed by atoms with E-state index in [9.17, 15) is 19.5 Å². The summed E-state index contributed by atoms with van der Waals surface area (Å²) >= 11 is 0. The Morgan fingerprint density at radius 1 is 0.660 bits per heavy atom. The van der Waals surface area contributed by atoms with Crippen LogP contribution in [0.5, 0.6) is 0 Å². The summed E-state index contributed by atoms with van der Waals surface area (Å²) in [5, 5.41) is 9.56. The highest BCUT2D eigenvalue weighted by molar-refractivity contribution is 5.72. The number of carboxylic acid groups (broad SMARTS) is 1. The monoisotopic (exact) mass is 665 g/mol. The van der Waals surface area contributed by atoms with Crippen LogP contribution in [0.4, 0.5) is 0 Å². The van der Waals surface area contributed by atoms with Gasteiger partial charge in [0.1, 0.15) is 6.61 Å². The zero-order valence-electron chi connectivity index (χ0n) is 30.7. The van der Waals surface area contributed by atoms with Gasteiger partial charge in [-0.15, -0.1) is 0 Å². The predicted octanol–water partition coefficient (Wildman–Crippen LogP) is 9.13. The fraction of sp³-hybridized carbons (Fsp3) is 0.769. The van der Waals surface area contributed by atoms with E-state index in [1.54, 1.807) is 0 Å². The smallest absolute Gasteiger partial charge is 0.362 e. The molecular weight excluding hydrogens is 594 g/mol. The normalized spacial score (nSPS) is 13.5. The topological polar surface area (TPSA) is 99.1 Å². The van der Waals surface area contributed by atoms with Crippen molar-refractivity contribution in [2.45, 2.75) is 154 Å². The van der Waals surface area contributed by atoms with E-state index in [1.807, 2.05) is 21.1 Å². The first-order chi connectivity index (χ1) is 22.6. The molecule has 0 spiro atoms. The van der Waals surface area contributed by atoms with Crippen molar-refractivity contribution in [1.29, 1.82) is 0 Å². The highest BCUT2D eigenvalue weighted by Crippen LogP contribution is 2.14. The van der Waals surface area contributed by atoms with Gasteiger partial charge in [-0.25, -0.2) is 4.79 Å². The average molecular weight is 665 g/mol. The number of allylic oxidation sites excluding steroid dienone is 6. The van der Waals surface area contributed by atoms with Crippen molar-refractivity contribution in [2.75, 3.05) is 41.0 Å². The first-order valence-corrected chi connectivity index (χ1v) is 18.5. The molecule has 0 aliphatic carbocycles. The van der Waals surface area contributed by atoms with Crippen LogP contribution in [-0.4, -0.2) is 80.6 Å². The molecule has 0 aromatic heterocycles. The minimum absolute atomic E-state index is 0.0471. The molecule has 0 bridgehead atoms. The first kappa shape index (κ1) is 44.5. The lowest BCUT2D eigenvalue weighted by Crippen LogP contribution is -2.50. The van der Waals surface area contributed by atoms with E-state index in [4.69, 9.17) is 14.2 Å². The Balaban J connectivity index is 4.51. The van der Waals surface area contributed by atoms with E-state index in [-0.39, 0.29) is 42.7 Å². The Hall–Kier alpha value is -2.45. The lowest BCUT2D eigenvalue weighted by molar-refractivity contribution is -0.887. The van der Waals surface area contributed by atoms with Crippen LogP contribution >= 0.6 is 0 Å². The lowest BCUT2D eigenvalue weighted by atomic mass is 10.0. The minimum atomic E-state index is -0.883. The predicted molar refractivity (Wildman–Crippen MR) is 192 cm³/mol. The number of likely N-dealkylation sites (N-methyl/N-ethyl adjacent to an activating group) is 1. The molecule has 8 nitrogen and oxygen atoms in total. The summed E-state index contributed by atoms with van der Waals surface area (Å²) in [6, 6.07) is -0.618. The molecule has 0 fully saturated rings. The number of hydrogen-bond acceptors (Lipinski definition) is 6. The van der Waals surface area contributed by atoms with Crippen molar-refractivity contribution in [2.24, 2.45) is 0 Å². The first-order valence-electron chi connectivity index (χ1n) is 18.5. The van der Waals surface area contributed by atoms with E-state index in [0.29, 0.717) is 19.3 Å². The van der Waals surface area contributed by atoms with Crippen LogP contribution in [0.2, 0.25) is 0 Å².